The van der Waals surface area contributed by atoms with Crippen LogP contribution >= 0.6 is 23.1 Å². The number of ether oxygens (including phenoxy) is 1. The van der Waals surface area contributed by atoms with E-state index in [-0.39, 0.29) is 0 Å². The van der Waals surface area contributed by atoms with Crippen molar-refractivity contribution in [1.29, 1.82) is 0 Å². The first-order chi connectivity index (χ1) is 32.7. The standard InChI is InChI=1S/C62H37NOS2/c1-4-21-44-39(17-1)43-37-38(35-36-46(43)61(44)47-23-6-10-30-54(47)64-55-31-11-7-24-48(55)61)63(53-29-15-20-41-40-18-3-12-32-56(40)66-60(41)53)52-28-16-27-51-59(52)42-19-2-5-22-45(42)62(51)49-25-8-13-33-57(49)65-58-34-14-9-26-50(58)62/h1-37H. The molecule has 0 radical (unpaired) electrons. The molecular formula is C62H37NOS2. The Morgan fingerprint density at radius 2 is 0.879 bits per heavy atom. The Bertz CT molecular complexity index is 3790. The third kappa shape index (κ3) is 4.57. The van der Waals surface area contributed by atoms with Crippen molar-refractivity contribution in [3.8, 4) is 33.8 Å². The highest BCUT2D eigenvalue weighted by Crippen LogP contribution is 2.66. The molecule has 0 atom stereocenters. The van der Waals surface area contributed by atoms with Gasteiger partial charge in [-0.05, 0) is 105 Å². The lowest BCUT2D eigenvalue weighted by Crippen LogP contribution is -2.32. The average Bonchev–Trinajstić information content (AvgIpc) is 4.00. The van der Waals surface area contributed by atoms with E-state index in [9.17, 15) is 0 Å². The van der Waals surface area contributed by atoms with Crippen LogP contribution in [0.25, 0.3) is 42.4 Å². The molecule has 66 heavy (non-hydrogen) atoms. The van der Waals surface area contributed by atoms with Crippen LogP contribution in [0, 0.1) is 0 Å². The third-order valence-electron chi connectivity index (χ3n) is 14.8. The van der Waals surface area contributed by atoms with Gasteiger partial charge in [-0.3, -0.25) is 0 Å². The van der Waals surface area contributed by atoms with Crippen molar-refractivity contribution in [1.82, 2.24) is 0 Å². The molecule has 4 aliphatic rings. The maximum Gasteiger partial charge on any atom is 0.132 e. The van der Waals surface area contributed by atoms with E-state index in [2.05, 4.69) is 229 Å². The van der Waals surface area contributed by atoms with Crippen LogP contribution in [0.4, 0.5) is 17.1 Å². The van der Waals surface area contributed by atoms with Crippen LogP contribution in [-0.4, -0.2) is 0 Å². The van der Waals surface area contributed by atoms with Crippen LogP contribution in [0.3, 0.4) is 0 Å². The molecule has 0 bridgehead atoms. The molecule has 0 unspecified atom stereocenters. The minimum Gasteiger partial charge on any atom is -0.457 e. The Hall–Kier alpha value is -7.63. The molecule has 2 aliphatic heterocycles. The minimum absolute atomic E-state index is 0.497. The van der Waals surface area contributed by atoms with E-state index < -0.39 is 10.8 Å². The summed E-state index contributed by atoms with van der Waals surface area (Å²) in [6.07, 6.45) is 0. The van der Waals surface area contributed by atoms with E-state index in [0.717, 1.165) is 22.9 Å². The number of para-hydroxylation sites is 2. The Morgan fingerprint density at radius 3 is 1.62 bits per heavy atom. The summed E-state index contributed by atoms with van der Waals surface area (Å²) in [5, 5.41) is 2.56. The molecular weight excluding hydrogens is 839 g/mol. The van der Waals surface area contributed by atoms with Gasteiger partial charge in [-0.25, -0.2) is 0 Å². The molecule has 0 amide bonds. The smallest absolute Gasteiger partial charge is 0.132 e. The first-order valence-corrected chi connectivity index (χ1v) is 24.3. The molecule has 2 aliphatic carbocycles. The van der Waals surface area contributed by atoms with Crippen LogP contribution in [0.15, 0.2) is 234 Å². The zero-order chi connectivity index (χ0) is 43.1. The molecule has 2 nitrogen and oxygen atoms in total. The number of nitrogens with zero attached hydrogens (tertiary/aromatic N) is 1. The van der Waals surface area contributed by atoms with Gasteiger partial charge in [0.15, 0.2) is 0 Å². The Kier molecular flexibility index (Phi) is 7.48. The van der Waals surface area contributed by atoms with Crippen LogP contribution in [0.2, 0.25) is 0 Å². The SMILES string of the molecule is c1ccc2c(c1)Oc1ccccc1C21c2ccccc2-c2cc(N(c3cccc4c3-c3ccccc3C43c4ccccc4Sc4ccccc43)c3cccc4c3sc3ccccc34)ccc21. The zero-order valence-electron chi connectivity index (χ0n) is 35.5. The van der Waals surface area contributed by atoms with E-state index in [1.807, 2.05) is 23.1 Å². The first kappa shape index (κ1) is 36.7. The fourth-order valence-electron chi connectivity index (χ4n) is 12.4. The van der Waals surface area contributed by atoms with Crippen LogP contribution in [-0.2, 0) is 10.8 Å². The van der Waals surface area contributed by atoms with E-state index in [4.69, 9.17) is 4.74 Å². The van der Waals surface area contributed by atoms with E-state index in [1.54, 1.807) is 0 Å². The molecule has 308 valence electrons. The minimum atomic E-state index is -0.550. The van der Waals surface area contributed by atoms with Crippen molar-refractivity contribution in [3.63, 3.8) is 0 Å². The molecule has 4 heteroatoms. The summed E-state index contributed by atoms with van der Waals surface area (Å²) in [6.45, 7) is 0. The van der Waals surface area contributed by atoms with Crippen LogP contribution in [0.1, 0.15) is 44.5 Å². The monoisotopic (exact) mass is 875 g/mol. The summed E-state index contributed by atoms with van der Waals surface area (Å²) in [5.41, 5.74) is 17.6. The highest BCUT2D eigenvalue weighted by molar-refractivity contribution is 7.99. The number of hydrogen-bond acceptors (Lipinski definition) is 4. The van der Waals surface area contributed by atoms with E-state index in [1.165, 1.54) is 102 Å². The van der Waals surface area contributed by atoms with Crippen LogP contribution in [0.5, 0.6) is 11.5 Å². The summed E-state index contributed by atoms with van der Waals surface area (Å²) < 4.78 is 9.25. The number of rotatable bonds is 3. The van der Waals surface area contributed by atoms with Gasteiger partial charge >= 0.3 is 0 Å². The molecule has 2 spiro atoms. The fraction of sp³-hybridized carbons (Fsp3) is 0.0323. The summed E-state index contributed by atoms with van der Waals surface area (Å²) >= 11 is 3.78. The van der Waals surface area contributed by atoms with Gasteiger partial charge in [-0.15, -0.1) is 11.3 Å². The van der Waals surface area contributed by atoms with Gasteiger partial charge in [0.1, 0.15) is 11.5 Å². The molecule has 11 aromatic rings. The summed E-state index contributed by atoms with van der Waals surface area (Å²) in [4.78, 5) is 5.19. The third-order valence-corrected chi connectivity index (χ3v) is 17.2. The van der Waals surface area contributed by atoms with E-state index in [0.29, 0.717) is 0 Å². The highest BCUT2D eigenvalue weighted by Gasteiger charge is 2.53. The lowest BCUT2D eigenvalue weighted by atomic mass is 9.66. The molecule has 0 N–H and O–H groups in total. The number of benzene rings is 10. The number of hydrogen-bond donors (Lipinski definition) is 0. The molecule has 1 aromatic heterocycles. The van der Waals surface area contributed by atoms with Crippen molar-refractivity contribution < 1.29 is 4.74 Å². The fourth-order valence-corrected chi connectivity index (χ4v) is 14.8. The molecule has 10 aromatic carbocycles. The molecule has 0 saturated heterocycles. The highest BCUT2D eigenvalue weighted by atomic mass is 32.2. The Morgan fingerprint density at radius 1 is 0.364 bits per heavy atom. The van der Waals surface area contributed by atoms with Gasteiger partial charge < -0.3 is 9.64 Å². The quantitative estimate of drug-likeness (QED) is 0.175. The van der Waals surface area contributed by atoms with Gasteiger partial charge in [-0.1, -0.05) is 182 Å². The van der Waals surface area contributed by atoms with E-state index >= 15 is 0 Å². The zero-order valence-corrected chi connectivity index (χ0v) is 37.2. The van der Waals surface area contributed by atoms with Crippen molar-refractivity contribution in [3.05, 3.63) is 269 Å². The Balaban J connectivity index is 1.05. The lowest BCUT2D eigenvalue weighted by molar-refractivity contribution is 0.436. The average molecular weight is 876 g/mol. The molecule has 0 saturated carbocycles. The van der Waals surface area contributed by atoms with Gasteiger partial charge in [0.05, 0.1) is 26.9 Å². The lowest BCUT2D eigenvalue weighted by Gasteiger charge is -2.40. The largest absolute Gasteiger partial charge is 0.457 e. The summed E-state index contributed by atoms with van der Waals surface area (Å²) in [6, 6.07) is 83.8. The van der Waals surface area contributed by atoms with Crippen molar-refractivity contribution in [2.24, 2.45) is 0 Å². The van der Waals surface area contributed by atoms with Gasteiger partial charge in [0, 0.05) is 47.6 Å². The van der Waals surface area contributed by atoms with Crippen LogP contribution < -0.4 is 9.64 Å². The normalized spacial score (nSPS) is 14.7. The van der Waals surface area contributed by atoms with Crippen molar-refractivity contribution in [2.75, 3.05) is 4.90 Å². The number of thiophene rings is 1. The Labute approximate surface area is 391 Å². The predicted molar refractivity (Wildman–Crippen MR) is 273 cm³/mol. The van der Waals surface area contributed by atoms with Gasteiger partial charge in [0.2, 0.25) is 0 Å². The maximum atomic E-state index is 6.69. The molecule has 0 fully saturated rings. The topological polar surface area (TPSA) is 12.5 Å². The molecule has 15 rings (SSSR count). The number of fused-ring (bicyclic) bond motifs is 21. The second-order valence-corrected chi connectivity index (χ2v) is 19.9. The molecule has 3 heterocycles. The van der Waals surface area contributed by atoms with Crippen molar-refractivity contribution >= 4 is 60.3 Å². The predicted octanol–water partition coefficient (Wildman–Crippen LogP) is 16.8. The second-order valence-electron chi connectivity index (χ2n) is 17.8. The van der Waals surface area contributed by atoms with Crippen molar-refractivity contribution in [2.45, 2.75) is 20.6 Å². The first-order valence-electron chi connectivity index (χ1n) is 22.7. The van der Waals surface area contributed by atoms with Gasteiger partial charge in [0.25, 0.3) is 0 Å². The van der Waals surface area contributed by atoms with Gasteiger partial charge in [-0.2, -0.15) is 0 Å². The second kappa shape index (κ2) is 13.5. The maximum absolute atomic E-state index is 6.69. The number of anilines is 3. The summed E-state index contributed by atoms with van der Waals surface area (Å²) in [5.74, 6) is 1.80. The summed E-state index contributed by atoms with van der Waals surface area (Å²) in [7, 11) is 0.